The van der Waals surface area contributed by atoms with Gasteiger partial charge in [-0.1, -0.05) is 13.8 Å². The molecular weight excluding hydrogens is 252 g/mol. The molecule has 2 N–H and O–H groups in total. The molecule has 3 fully saturated rings. The number of amides is 1. The molecule has 3 aliphatic rings. The van der Waals surface area contributed by atoms with Crippen molar-refractivity contribution in [2.24, 2.45) is 11.3 Å². The summed E-state index contributed by atoms with van der Waals surface area (Å²) in [7, 11) is 0. The van der Waals surface area contributed by atoms with Crippen LogP contribution in [0.1, 0.15) is 39.5 Å². The van der Waals surface area contributed by atoms with Crippen LogP contribution in [0.2, 0.25) is 0 Å². The Hall–Kier alpha value is -0.870. The van der Waals surface area contributed by atoms with Gasteiger partial charge in [-0.25, -0.2) is 0 Å². The summed E-state index contributed by atoms with van der Waals surface area (Å²) in [6.45, 7) is 8.16. The lowest BCUT2D eigenvalue weighted by molar-refractivity contribution is -0.117. The van der Waals surface area contributed by atoms with Gasteiger partial charge in [-0.2, -0.15) is 0 Å². The summed E-state index contributed by atoms with van der Waals surface area (Å²) in [6, 6.07) is 0. The Bertz CT molecular complexity index is 358. The van der Waals surface area contributed by atoms with Gasteiger partial charge in [-0.15, -0.1) is 0 Å². The van der Waals surface area contributed by atoms with Crippen molar-refractivity contribution in [1.29, 1.82) is 0 Å². The fourth-order valence-corrected chi connectivity index (χ4v) is 3.29. The average molecular weight is 280 g/mol. The van der Waals surface area contributed by atoms with Crippen molar-refractivity contribution in [3.05, 3.63) is 11.6 Å². The van der Waals surface area contributed by atoms with Gasteiger partial charge in [0.1, 0.15) is 0 Å². The van der Waals surface area contributed by atoms with E-state index in [1.807, 2.05) is 6.08 Å². The molecule has 0 saturated carbocycles. The molecule has 114 valence electrons. The van der Waals surface area contributed by atoms with E-state index in [-0.39, 0.29) is 17.9 Å². The third-order valence-electron chi connectivity index (χ3n) is 5.31. The summed E-state index contributed by atoms with van der Waals surface area (Å²) >= 11 is 0. The number of nitrogens with one attached hydrogen (secondary N) is 1. The van der Waals surface area contributed by atoms with Crippen molar-refractivity contribution in [2.45, 2.75) is 39.5 Å². The molecule has 0 aliphatic carbocycles. The Kier molecular flexibility index (Phi) is 5.22. The van der Waals surface area contributed by atoms with Crippen LogP contribution in [0.3, 0.4) is 0 Å². The van der Waals surface area contributed by atoms with Gasteiger partial charge in [0.25, 0.3) is 0 Å². The third-order valence-corrected chi connectivity index (χ3v) is 5.31. The zero-order valence-corrected chi connectivity index (χ0v) is 12.8. The van der Waals surface area contributed by atoms with Gasteiger partial charge in [0, 0.05) is 24.6 Å². The minimum Gasteiger partial charge on any atom is -0.396 e. The number of hydrogen-bond acceptors (Lipinski definition) is 3. The number of piperidine rings is 3. The molecule has 0 aromatic rings. The van der Waals surface area contributed by atoms with Gasteiger partial charge in [-0.3, -0.25) is 9.69 Å². The van der Waals surface area contributed by atoms with Crippen LogP contribution < -0.4 is 5.32 Å². The van der Waals surface area contributed by atoms with Gasteiger partial charge in [0.05, 0.1) is 6.61 Å². The monoisotopic (exact) mass is 280 g/mol. The maximum atomic E-state index is 12.1. The van der Waals surface area contributed by atoms with E-state index in [0.29, 0.717) is 12.5 Å². The van der Waals surface area contributed by atoms with Crippen LogP contribution in [-0.2, 0) is 4.79 Å². The van der Waals surface area contributed by atoms with E-state index in [4.69, 9.17) is 0 Å². The highest BCUT2D eigenvalue weighted by Crippen LogP contribution is 2.31. The highest BCUT2D eigenvalue weighted by molar-refractivity contribution is 5.88. The summed E-state index contributed by atoms with van der Waals surface area (Å²) < 4.78 is 0. The summed E-state index contributed by atoms with van der Waals surface area (Å²) in [5.74, 6) is 0.624. The van der Waals surface area contributed by atoms with Gasteiger partial charge >= 0.3 is 0 Å². The van der Waals surface area contributed by atoms with Gasteiger partial charge in [-0.05, 0) is 50.3 Å². The highest BCUT2D eigenvalue weighted by atomic mass is 16.3. The van der Waals surface area contributed by atoms with Crippen molar-refractivity contribution in [2.75, 3.05) is 32.8 Å². The van der Waals surface area contributed by atoms with E-state index in [2.05, 4.69) is 24.1 Å². The van der Waals surface area contributed by atoms with Crippen LogP contribution in [-0.4, -0.2) is 48.7 Å². The first kappa shape index (κ1) is 15.5. The van der Waals surface area contributed by atoms with Gasteiger partial charge in [0.15, 0.2) is 0 Å². The largest absolute Gasteiger partial charge is 0.396 e. The Morgan fingerprint density at radius 3 is 2.50 bits per heavy atom. The summed E-state index contributed by atoms with van der Waals surface area (Å²) in [6.07, 6.45) is 5.97. The number of hydrogen-bond donors (Lipinski definition) is 2. The molecule has 3 saturated heterocycles. The van der Waals surface area contributed by atoms with E-state index in [1.165, 1.54) is 31.5 Å². The molecule has 3 heterocycles. The molecule has 0 atom stereocenters. The molecule has 0 aromatic heterocycles. The third kappa shape index (κ3) is 3.41. The second kappa shape index (κ2) is 6.72. The van der Waals surface area contributed by atoms with Crippen LogP contribution >= 0.6 is 0 Å². The zero-order chi connectivity index (χ0) is 14.6. The van der Waals surface area contributed by atoms with E-state index >= 15 is 0 Å². The fraction of sp³-hybridized carbons (Fsp3) is 0.812. The molecule has 3 rings (SSSR count). The summed E-state index contributed by atoms with van der Waals surface area (Å²) in [5.41, 5.74) is 1.13. The average Bonchev–Trinajstić information content (AvgIpc) is 2.50. The SMILES string of the molecule is CCC(CC)(CO)CNC(=O)/C=C1/CN2CCC1CC2. The number of carbonyl (C=O) groups is 1. The standard InChI is InChI=1S/C16H28N2O2/c1-3-16(4-2,12-19)11-17-15(20)9-14-10-18-7-5-13(14)6-8-18/h9,13,19H,3-8,10-12H2,1-2H3,(H,17,20)/b14-9-. The first-order chi connectivity index (χ1) is 9.62. The van der Waals surface area contributed by atoms with Gasteiger partial charge in [0.2, 0.25) is 5.91 Å². The lowest BCUT2D eigenvalue weighted by Gasteiger charge is -2.41. The molecule has 4 nitrogen and oxygen atoms in total. The van der Waals surface area contributed by atoms with Crippen molar-refractivity contribution < 1.29 is 9.90 Å². The van der Waals surface area contributed by atoms with Crippen LogP contribution in [0, 0.1) is 11.3 Å². The molecule has 1 amide bonds. The molecule has 3 aliphatic heterocycles. The predicted octanol–water partition coefficient (Wildman–Crippen LogP) is 1.55. The molecule has 4 heteroatoms. The van der Waals surface area contributed by atoms with Crippen LogP contribution in [0.15, 0.2) is 11.6 Å². The van der Waals surface area contributed by atoms with Gasteiger partial charge < -0.3 is 10.4 Å². The summed E-state index contributed by atoms with van der Waals surface area (Å²) in [4.78, 5) is 14.5. The number of nitrogens with zero attached hydrogens (tertiary/aromatic N) is 1. The van der Waals surface area contributed by atoms with Crippen LogP contribution in [0.5, 0.6) is 0 Å². The number of carbonyl (C=O) groups excluding carboxylic acids is 1. The van der Waals surface area contributed by atoms with E-state index < -0.39 is 0 Å². The van der Waals surface area contributed by atoms with Crippen molar-refractivity contribution >= 4 is 5.91 Å². The quantitative estimate of drug-likeness (QED) is 0.726. The Morgan fingerprint density at radius 1 is 1.40 bits per heavy atom. The van der Waals surface area contributed by atoms with E-state index in [0.717, 1.165) is 19.4 Å². The number of fused-ring (bicyclic) bond motifs is 3. The van der Waals surface area contributed by atoms with Crippen LogP contribution in [0.25, 0.3) is 0 Å². The number of rotatable bonds is 6. The predicted molar refractivity (Wildman–Crippen MR) is 80.4 cm³/mol. The first-order valence-corrected chi connectivity index (χ1v) is 7.94. The lowest BCUT2D eigenvalue weighted by atomic mass is 9.82. The molecule has 0 aromatic carbocycles. The van der Waals surface area contributed by atoms with Crippen molar-refractivity contribution in [1.82, 2.24) is 10.2 Å². The van der Waals surface area contributed by atoms with Crippen LogP contribution in [0.4, 0.5) is 0 Å². The first-order valence-electron chi connectivity index (χ1n) is 7.94. The van der Waals surface area contributed by atoms with Crippen molar-refractivity contribution in [3.63, 3.8) is 0 Å². The lowest BCUT2D eigenvalue weighted by Crippen LogP contribution is -2.44. The number of aliphatic hydroxyl groups is 1. The molecule has 0 radical (unpaired) electrons. The molecule has 20 heavy (non-hydrogen) atoms. The Morgan fingerprint density at radius 2 is 2.05 bits per heavy atom. The maximum Gasteiger partial charge on any atom is 0.244 e. The topological polar surface area (TPSA) is 52.6 Å². The fourth-order valence-electron chi connectivity index (χ4n) is 3.29. The van der Waals surface area contributed by atoms with E-state index in [1.54, 1.807) is 0 Å². The Balaban J connectivity index is 1.89. The molecular formula is C16H28N2O2. The molecule has 2 bridgehead atoms. The number of aliphatic hydroxyl groups excluding tert-OH is 1. The highest BCUT2D eigenvalue weighted by Gasteiger charge is 2.30. The zero-order valence-electron chi connectivity index (χ0n) is 12.8. The maximum absolute atomic E-state index is 12.1. The second-order valence-electron chi connectivity index (χ2n) is 6.35. The van der Waals surface area contributed by atoms with Crippen molar-refractivity contribution in [3.8, 4) is 0 Å². The minimum absolute atomic E-state index is 0.00785. The minimum atomic E-state index is -0.163. The molecule has 0 spiro atoms. The smallest absolute Gasteiger partial charge is 0.244 e. The summed E-state index contributed by atoms with van der Waals surface area (Å²) in [5, 5.41) is 12.5. The molecule has 0 unspecified atom stereocenters. The van der Waals surface area contributed by atoms with E-state index in [9.17, 15) is 9.90 Å². The normalized spacial score (nSPS) is 27.9. The second-order valence-corrected chi connectivity index (χ2v) is 6.35. The Labute approximate surface area is 122 Å².